The van der Waals surface area contributed by atoms with Gasteiger partial charge in [0.25, 0.3) is 0 Å². The van der Waals surface area contributed by atoms with Crippen LogP contribution in [0.4, 0.5) is 4.79 Å². The van der Waals surface area contributed by atoms with Crippen LogP contribution in [-0.4, -0.2) is 64.7 Å². The summed E-state index contributed by atoms with van der Waals surface area (Å²) < 4.78 is 5.39. The summed E-state index contributed by atoms with van der Waals surface area (Å²) in [6, 6.07) is 13.3. The molecule has 38 heavy (non-hydrogen) atoms. The van der Waals surface area contributed by atoms with Crippen molar-refractivity contribution in [3.05, 3.63) is 70.8 Å². The Labute approximate surface area is 230 Å². The van der Waals surface area contributed by atoms with Gasteiger partial charge in [-0.25, -0.2) is 4.79 Å². The van der Waals surface area contributed by atoms with E-state index in [2.05, 4.69) is 10.6 Å². The quantitative estimate of drug-likeness (QED) is 0.372. The number of thioether (sulfide) groups is 1. The van der Waals surface area contributed by atoms with Gasteiger partial charge in [-0.05, 0) is 64.2 Å². The summed E-state index contributed by atoms with van der Waals surface area (Å²) >= 11 is 1.54. The molecule has 208 valence electrons. The van der Waals surface area contributed by atoms with Gasteiger partial charge in [-0.2, -0.15) is 11.8 Å². The molecule has 0 bridgehead atoms. The third-order valence-corrected chi connectivity index (χ3v) is 6.30. The summed E-state index contributed by atoms with van der Waals surface area (Å²) in [4.78, 5) is 41.6. The first-order valence-electron chi connectivity index (χ1n) is 12.7. The highest BCUT2D eigenvalue weighted by Crippen LogP contribution is 2.25. The van der Waals surface area contributed by atoms with E-state index in [1.165, 1.54) is 4.90 Å². The molecule has 2 aromatic rings. The van der Waals surface area contributed by atoms with Gasteiger partial charge in [0.1, 0.15) is 17.7 Å². The van der Waals surface area contributed by atoms with E-state index in [9.17, 15) is 19.5 Å². The fourth-order valence-corrected chi connectivity index (χ4v) is 4.61. The average Bonchev–Trinajstić information content (AvgIpc) is 2.83. The van der Waals surface area contributed by atoms with Gasteiger partial charge >= 0.3 is 6.09 Å². The number of hydrogen-bond donors (Lipinski definition) is 3. The molecule has 0 fully saturated rings. The molecule has 0 aliphatic rings. The highest BCUT2D eigenvalue weighted by Gasteiger charge is 2.36. The number of rotatable bonds is 12. The Morgan fingerprint density at radius 3 is 2.24 bits per heavy atom. The number of amides is 3. The van der Waals surface area contributed by atoms with Crippen molar-refractivity contribution in [2.75, 3.05) is 25.2 Å². The van der Waals surface area contributed by atoms with Crippen LogP contribution in [0.3, 0.4) is 0 Å². The molecule has 0 saturated heterocycles. The predicted octanol–water partition coefficient (Wildman–Crippen LogP) is 4.13. The van der Waals surface area contributed by atoms with E-state index in [0.717, 1.165) is 16.7 Å². The summed E-state index contributed by atoms with van der Waals surface area (Å²) in [6.45, 7) is 8.96. The number of alkyl carbamates (subject to hydrolysis) is 1. The second-order valence-corrected chi connectivity index (χ2v) is 11.2. The zero-order valence-corrected chi connectivity index (χ0v) is 24.1. The fraction of sp³-hybridized carbons (Fsp3) is 0.483. The maximum atomic E-state index is 14.0. The molecule has 0 spiro atoms. The minimum Gasteiger partial charge on any atom is -0.444 e. The first-order valence-corrected chi connectivity index (χ1v) is 14.1. The standard InChI is InChI=1S/C29H41N3O5S/c1-20-16-21(2)18-23(17-20)25(26(34)30-19-22-10-8-7-9-11-22)32(13-14-33)27(35)24(12-15-38-6)31-28(36)37-29(3,4)5/h7-11,16-18,24-25,33H,12-15,19H2,1-6H3,(H,30,34)(H,31,36). The number of benzene rings is 2. The van der Waals surface area contributed by atoms with Gasteiger partial charge in [0.05, 0.1) is 6.61 Å². The van der Waals surface area contributed by atoms with Crippen molar-refractivity contribution >= 4 is 29.7 Å². The van der Waals surface area contributed by atoms with Crippen LogP contribution in [0, 0.1) is 13.8 Å². The van der Waals surface area contributed by atoms with Crippen molar-refractivity contribution in [2.45, 2.75) is 65.3 Å². The van der Waals surface area contributed by atoms with E-state index >= 15 is 0 Å². The highest BCUT2D eigenvalue weighted by atomic mass is 32.2. The summed E-state index contributed by atoms with van der Waals surface area (Å²) in [5.74, 6) is -0.229. The first-order chi connectivity index (χ1) is 17.9. The van der Waals surface area contributed by atoms with E-state index in [4.69, 9.17) is 4.74 Å². The van der Waals surface area contributed by atoms with Crippen molar-refractivity contribution in [3.63, 3.8) is 0 Å². The summed E-state index contributed by atoms with van der Waals surface area (Å²) in [5, 5.41) is 15.6. The average molecular weight is 544 g/mol. The van der Waals surface area contributed by atoms with Crippen molar-refractivity contribution < 1.29 is 24.2 Å². The van der Waals surface area contributed by atoms with Gasteiger partial charge in [0.2, 0.25) is 11.8 Å². The van der Waals surface area contributed by atoms with Crippen LogP contribution in [0.15, 0.2) is 48.5 Å². The molecule has 2 aromatic carbocycles. The summed E-state index contributed by atoms with van der Waals surface area (Å²) in [7, 11) is 0. The van der Waals surface area contributed by atoms with Gasteiger partial charge in [-0.1, -0.05) is 59.7 Å². The first kappa shape index (κ1) is 31.2. The predicted molar refractivity (Wildman–Crippen MR) is 152 cm³/mol. The number of aliphatic hydroxyl groups excluding tert-OH is 1. The smallest absolute Gasteiger partial charge is 0.408 e. The monoisotopic (exact) mass is 543 g/mol. The van der Waals surface area contributed by atoms with Crippen LogP contribution in [-0.2, 0) is 20.9 Å². The zero-order chi connectivity index (χ0) is 28.3. The van der Waals surface area contributed by atoms with E-state index in [1.54, 1.807) is 32.5 Å². The Bertz CT molecular complexity index is 1050. The maximum absolute atomic E-state index is 14.0. The van der Waals surface area contributed by atoms with Crippen molar-refractivity contribution in [1.29, 1.82) is 0 Å². The number of ether oxygens (including phenoxy) is 1. The Kier molecular flexibility index (Phi) is 12.1. The Morgan fingerprint density at radius 2 is 1.68 bits per heavy atom. The number of aliphatic hydroxyl groups is 1. The molecule has 0 aromatic heterocycles. The van der Waals surface area contributed by atoms with Crippen LogP contribution >= 0.6 is 11.8 Å². The van der Waals surface area contributed by atoms with E-state index in [1.807, 2.05) is 68.6 Å². The number of nitrogens with zero attached hydrogens (tertiary/aromatic N) is 1. The second-order valence-electron chi connectivity index (χ2n) is 10.3. The number of hydrogen-bond acceptors (Lipinski definition) is 6. The Hall–Kier alpha value is -3.04. The molecule has 2 atom stereocenters. The molecule has 0 aliphatic carbocycles. The molecule has 9 heteroatoms. The van der Waals surface area contributed by atoms with Crippen molar-refractivity contribution in [2.24, 2.45) is 0 Å². The molecule has 3 N–H and O–H groups in total. The maximum Gasteiger partial charge on any atom is 0.408 e. The normalized spacial score (nSPS) is 12.8. The zero-order valence-electron chi connectivity index (χ0n) is 23.2. The summed E-state index contributed by atoms with van der Waals surface area (Å²) in [6.07, 6.45) is 1.54. The van der Waals surface area contributed by atoms with Gasteiger partial charge in [0.15, 0.2) is 0 Å². The number of carbonyl (C=O) groups is 3. The van der Waals surface area contributed by atoms with Crippen LogP contribution in [0.2, 0.25) is 0 Å². The number of nitrogens with one attached hydrogen (secondary N) is 2. The number of carbonyl (C=O) groups excluding carboxylic acids is 3. The highest BCUT2D eigenvalue weighted by molar-refractivity contribution is 7.98. The van der Waals surface area contributed by atoms with Crippen LogP contribution in [0.1, 0.15) is 55.5 Å². The van der Waals surface area contributed by atoms with Crippen LogP contribution < -0.4 is 10.6 Å². The molecule has 2 rings (SSSR count). The SMILES string of the molecule is CSCCC(NC(=O)OC(C)(C)C)C(=O)N(CCO)C(C(=O)NCc1ccccc1)c1cc(C)cc(C)c1. The minimum atomic E-state index is -1.01. The molecule has 0 radical (unpaired) electrons. The van der Waals surface area contributed by atoms with E-state index in [-0.39, 0.29) is 25.6 Å². The van der Waals surface area contributed by atoms with Crippen molar-refractivity contribution in [1.82, 2.24) is 15.5 Å². The third kappa shape index (κ3) is 10.0. The second kappa shape index (κ2) is 14.8. The van der Waals surface area contributed by atoms with E-state index < -0.39 is 29.7 Å². The lowest BCUT2D eigenvalue weighted by Crippen LogP contribution is -2.53. The van der Waals surface area contributed by atoms with Gasteiger partial charge in [-0.15, -0.1) is 0 Å². The van der Waals surface area contributed by atoms with Gasteiger partial charge in [-0.3, -0.25) is 9.59 Å². The topological polar surface area (TPSA) is 108 Å². The third-order valence-electron chi connectivity index (χ3n) is 5.65. The molecule has 8 nitrogen and oxygen atoms in total. The Morgan fingerprint density at radius 1 is 1.05 bits per heavy atom. The van der Waals surface area contributed by atoms with E-state index in [0.29, 0.717) is 17.7 Å². The Balaban J connectivity index is 2.45. The minimum absolute atomic E-state index is 0.0823. The largest absolute Gasteiger partial charge is 0.444 e. The lowest BCUT2D eigenvalue weighted by molar-refractivity contribution is -0.143. The molecule has 2 unspecified atom stereocenters. The van der Waals surface area contributed by atoms with Crippen LogP contribution in [0.5, 0.6) is 0 Å². The molecule has 3 amide bonds. The fourth-order valence-electron chi connectivity index (χ4n) is 4.14. The lowest BCUT2D eigenvalue weighted by atomic mass is 9.98. The molecule has 0 heterocycles. The van der Waals surface area contributed by atoms with Crippen LogP contribution in [0.25, 0.3) is 0 Å². The molecular weight excluding hydrogens is 502 g/mol. The van der Waals surface area contributed by atoms with Gasteiger partial charge < -0.3 is 25.4 Å². The molecule has 0 saturated carbocycles. The molecule has 0 aliphatic heterocycles. The number of aryl methyl sites for hydroxylation is 2. The summed E-state index contributed by atoms with van der Waals surface area (Å²) in [5.41, 5.74) is 2.72. The molecular formula is C29H41N3O5S. The lowest BCUT2D eigenvalue weighted by Gasteiger charge is -2.34. The van der Waals surface area contributed by atoms with Crippen molar-refractivity contribution in [3.8, 4) is 0 Å². The van der Waals surface area contributed by atoms with Gasteiger partial charge in [0, 0.05) is 13.1 Å².